The molecule has 6 heteroatoms. The Balaban J connectivity index is 1.69. The van der Waals surface area contributed by atoms with E-state index in [4.69, 9.17) is 0 Å². The minimum Gasteiger partial charge on any atom is -0.351 e. The number of halogens is 2. The highest BCUT2D eigenvalue weighted by Gasteiger charge is 2.17. The second-order valence-corrected chi connectivity index (χ2v) is 6.98. The summed E-state index contributed by atoms with van der Waals surface area (Å²) in [5.74, 6) is -0.0527. The number of nitrogens with zero attached hydrogens (tertiary/aromatic N) is 1. The first kappa shape index (κ1) is 16.0. The molecule has 1 amide bonds. The van der Waals surface area contributed by atoms with E-state index in [-0.39, 0.29) is 5.91 Å². The molecule has 112 valence electrons. The fourth-order valence-electron chi connectivity index (χ4n) is 2.60. The van der Waals surface area contributed by atoms with E-state index in [2.05, 4.69) is 54.0 Å². The van der Waals surface area contributed by atoms with E-state index in [1.165, 1.54) is 25.8 Å². The quantitative estimate of drug-likeness (QED) is 0.734. The maximum atomic E-state index is 11.9. The average molecular weight is 407 g/mol. The van der Waals surface area contributed by atoms with E-state index in [0.29, 0.717) is 11.7 Å². The first-order valence-electron chi connectivity index (χ1n) is 7.14. The third-order valence-electron chi connectivity index (χ3n) is 3.82. The number of rotatable bonds is 5. The SMILES string of the molecule is C[C@H]1CCCCN1CCCNC(=O)c1cc(Br)c(Br)[nH]1. The molecule has 0 spiro atoms. The van der Waals surface area contributed by atoms with Crippen LogP contribution in [0.3, 0.4) is 0 Å². The van der Waals surface area contributed by atoms with Crippen molar-refractivity contribution in [2.24, 2.45) is 0 Å². The highest BCUT2D eigenvalue weighted by Crippen LogP contribution is 2.23. The molecule has 0 unspecified atom stereocenters. The second kappa shape index (κ2) is 7.61. The van der Waals surface area contributed by atoms with Gasteiger partial charge in [0.05, 0.1) is 9.08 Å². The van der Waals surface area contributed by atoms with E-state index in [9.17, 15) is 4.79 Å². The van der Waals surface area contributed by atoms with Gasteiger partial charge in [0.2, 0.25) is 0 Å². The van der Waals surface area contributed by atoms with Crippen molar-refractivity contribution in [2.45, 2.75) is 38.6 Å². The third kappa shape index (κ3) is 4.33. The Morgan fingerprint density at radius 2 is 2.30 bits per heavy atom. The smallest absolute Gasteiger partial charge is 0.267 e. The minimum atomic E-state index is -0.0527. The van der Waals surface area contributed by atoms with Crippen molar-refractivity contribution in [3.05, 3.63) is 20.8 Å². The Morgan fingerprint density at radius 3 is 2.95 bits per heavy atom. The fourth-order valence-corrected chi connectivity index (χ4v) is 3.25. The molecular weight excluding hydrogens is 386 g/mol. The number of piperidine rings is 1. The summed E-state index contributed by atoms with van der Waals surface area (Å²) in [6.45, 7) is 5.28. The minimum absolute atomic E-state index is 0.0527. The molecule has 1 atom stereocenters. The number of aromatic amines is 1. The lowest BCUT2D eigenvalue weighted by Crippen LogP contribution is -2.39. The Labute approximate surface area is 136 Å². The molecule has 0 bridgehead atoms. The van der Waals surface area contributed by atoms with E-state index in [1.54, 1.807) is 6.07 Å². The number of hydrogen-bond acceptors (Lipinski definition) is 2. The summed E-state index contributed by atoms with van der Waals surface area (Å²) in [6, 6.07) is 2.47. The summed E-state index contributed by atoms with van der Waals surface area (Å²) in [5.41, 5.74) is 0.579. The Kier molecular flexibility index (Phi) is 6.11. The van der Waals surface area contributed by atoms with Crippen molar-refractivity contribution in [3.63, 3.8) is 0 Å². The van der Waals surface area contributed by atoms with Crippen LogP contribution < -0.4 is 5.32 Å². The highest BCUT2D eigenvalue weighted by atomic mass is 79.9. The number of amides is 1. The summed E-state index contributed by atoms with van der Waals surface area (Å²) in [6.07, 6.45) is 4.96. The fraction of sp³-hybridized carbons (Fsp3) is 0.643. The van der Waals surface area contributed by atoms with Crippen molar-refractivity contribution < 1.29 is 4.79 Å². The summed E-state index contributed by atoms with van der Waals surface area (Å²) in [4.78, 5) is 17.4. The van der Waals surface area contributed by atoms with Gasteiger partial charge in [0.15, 0.2) is 0 Å². The zero-order valence-electron chi connectivity index (χ0n) is 11.7. The molecule has 1 fully saturated rings. The molecule has 0 aliphatic carbocycles. The van der Waals surface area contributed by atoms with E-state index in [0.717, 1.165) is 28.6 Å². The number of aromatic nitrogens is 1. The zero-order chi connectivity index (χ0) is 14.5. The maximum absolute atomic E-state index is 11.9. The van der Waals surface area contributed by atoms with Gasteiger partial charge in [-0.15, -0.1) is 0 Å². The summed E-state index contributed by atoms with van der Waals surface area (Å²) < 4.78 is 1.66. The van der Waals surface area contributed by atoms with Crippen LogP contribution in [0.5, 0.6) is 0 Å². The Bertz CT molecular complexity index is 442. The lowest BCUT2D eigenvalue weighted by Gasteiger charge is -2.33. The molecule has 20 heavy (non-hydrogen) atoms. The first-order chi connectivity index (χ1) is 9.58. The van der Waals surface area contributed by atoms with Crippen LogP contribution in [0, 0.1) is 0 Å². The van der Waals surface area contributed by atoms with E-state index >= 15 is 0 Å². The van der Waals surface area contributed by atoms with Crippen molar-refractivity contribution in [1.82, 2.24) is 15.2 Å². The van der Waals surface area contributed by atoms with Crippen LogP contribution in [-0.4, -0.2) is 41.5 Å². The molecule has 1 aromatic heterocycles. The molecule has 2 heterocycles. The Morgan fingerprint density at radius 1 is 1.50 bits per heavy atom. The van der Waals surface area contributed by atoms with Gasteiger partial charge >= 0.3 is 0 Å². The van der Waals surface area contributed by atoms with Crippen LogP contribution >= 0.6 is 31.9 Å². The molecule has 1 aliphatic rings. The molecule has 0 saturated carbocycles. The van der Waals surface area contributed by atoms with Gasteiger partial charge in [-0.2, -0.15) is 0 Å². The van der Waals surface area contributed by atoms with Gasteiger partial charge in [-0.3, -0.25) is 4.79 Å². The van der Waals surface area contributed by atoms with Gasteiger partial charge in [-0.25, -0.2) is 0 Å². The van der Waals surface area contributed by atoms with Gasteiger partial charge in [0.25, 0.3) is 5.91 Å². The van der Waals surface area contributed by atoms with Gasteiger partial charge < -0.3 is 15.2 Å². The lowest BCUT2D eigenvalue weighted by atomic mass is 10.0. The highest BCUT2D eigenvalue weighted by molar-refractivity contribution is 9.13. The van der Waals surface area contributed by atoms with Gasteiger partial charge in [0, 0.05) is 19.1 Å². The number of nitrogens with one attached hydrogen (secondary N) is 2. The molecule has 1 aromatic rings. The second-order valence-electron chi connectivity index (χ2n) is 5.34. The first-order valence-corrected chi connectivity index (χ1v) is 8.73. The number of carbonyl (C=O) groups excluding carboxylic acids is 1. The van der Waals surface area contributed by atoms with Crippen LogP contribution in [0.15, 0.2) is 15.1 Å². The van der Waals surface area contributed by atoms with Crippen LogP contribution in [-0.2, 0) is 0 Å². The summed E-state index contributed by atoms with van der Waals surface area (Å²) >= 11 is 6.70. The lowest BCUT2D eigenvalue weighted by molar-refractivity contribution is 0.0944. The van der Waals surface area contributed by atoms with Gasteiger partial charge in [0.1, 0.15) is 5.69 Å². The molecular formula is C14H21Br2N3O. The molecule has 2 rings (SSSR count). The monoisotopic (exact) mass is 405 g/mol. The van der Waals surface area contributed by atoms with Crippen molar-refractivity contribution in [3.8, 4) is 0 Å². The number of hydrogen-bond donors (Lipinski definition) is 2. The number of carbonyl (C=O) groups is 1. The summed E-state index contributed by atoms with van der Waals surface area (Å²) in [5, 5.41) is 2.96. The Hall–Kier alpha value is -0.330. The zero-order valence-corrected chi connectivity index (χ0v) is 14.9. The van der Waals surface area contributed by atoms with Crippen LogP contribution in [0.4, 0.5) is 0 Å². The normalized spacial score (nSPS) is 20.1. The van der Waals surface area contributed by atoms with Crippen molar-refractivity contribution in [2.75, 3.05) is 19.6 Å². The number of H-pyrrole nitrogens is 1. The van der Waals surface area contributed by atoms with Crippen molar-refractivity contribution in [1.29, 1.82) is 0 Å². The molecule has 0 radical (unpaired) electrons. The van der Waals surface area contributed by atoms with Crippen molar-refractivity contribution >= 4 is 37.8 Å². The van der Waals surface area contributed by atoms with E-state index < -0.39 is 0 Å². The molecule has 0 aromatic carbocycles. The standard InChI is InChI=1S/C14H21Br2N3O/c1-10-5-2-3-7-19(10)8-4-6-17-14(20)12-9-11(15)13(16)18-12/h9-10,18H,2-8H2,1H3,(H,17,20)/t10-/m0/s1. The number of likely N-dealkylation sites (tertiary alicyclic amines) is 1. The largest absolute Gasteiger partial charge is 0.351 e. The van der Waals surface area contributed by atoms with Crippen LogP contribution in [0.1, 0.15) is 43.1 Å². The van der Waals surface area contributed by atoms with E-state index in [1.807, 2.05) is 0 Å². The third-order valence-corrected chi connectivity index (χ3v) is 5.60. The topological polar surface area (TPSA) is 48.1 Å². The maximum Gasteiger partial charge on any atom is 0.267 e. The van der Waals surface area contributed by atoms with Crippen LogP contribution in [0.25, 0.3) is 0 Å². The predicted octanol–water partition coefficient (Wildman–Crippen LogP) is 3.53. The van der Waals surface area contributed by atoms with Gasteiger partial charge in [-0.05, 0) is 70.7 Å². The average Bonchev–Trinajstić information content (AvgIpc) is 2.76. The molecule has 4 nitrogen and oxygen atoms in total. The van der Waals surface area contributed by atoms with Crippen LogP contribution in [0.2, 0.25) is 0 Å². The molecule has 2 N–H and O–H groups in total. The predicted molar refractivity (Wildman–Crippen MR) is 88.0 cm³/mol. The molecule has 1 saturated heterocycles. The summed E-state index contributed by atoms with van der Waals surface area (Å²) in [7, 11) is 0. The van der Waals surface area contributed by atoms with Gasteiger partial charge in [-0.1, -0.05) is 6.42 Å². The molecule has 1 aliphatic heterocycles.